The van der Waals surface area contributed by atoms with E-state index in [1.54, 1.807) is 11.8 Å². The van der Waals surface area contributed by atoms with E-state index >= 15 is 0 Å². The van der Waals surface area contributed by atoms with Gasteiger partial charge in [-0.05, 0) is 13.8 Å². The molecule has 1 saturated heterocycles. The number of hydrogen-bond donors (Lipinski definition) is 0. The second-order valence-electron chi connectivity index (χ2n) is 3.92. The second-order valence-corrected chi connectivity index (χ2v) is 3.92. The lowest BCUT2D eigenvalue weighted by molar-refractivity contribution is -0.146. The summed E-state index contributed by atoms with van der Waals surface area (Å²) in [6.07, 6.45) is -0.280. The van der Waals surface area contributed by atoms with Crippen molar-refractivity contribution >= 4 is 12.1 Å². The molecule has 0 aromatic rings. The first kappa shape index (κ1) is 13.8. The number of nitrogens with zero attached hydrogens (tertiary/aromatic N) is 2. The zero-order valence-corrected chi connectivity index (χ0v) is 10.6. The van der Waals surface area contributed by atoms with Gasteiger partial charge in [0, 0.05) is 26.2 Å². The Hall–Kier alpha value is -1.30. The van der Waals surface area contributed by atoms with Gasteiger partial charge in [0.15, 0.2) is 0 Å². The SMILES string of the molecule is CCOC(=O)N1CCN([C@@H](C)C(=O)OC)CC1. The third-order valence-corrected chi connectivity index (χ3v) is 2.93. The molecule has 0 aromatic heterocycles. The highest BCUT2D eigenvalue weighted by Crippen LogP contribution is 2.08. The number of carbonyl (C=O) groups is 2. The molecule has 98 valence electrons. The van der Waals surface area contributed by atoms with E-state index in [0.717, 1.165) is 0 Å². The Morgan fingerprint density at radius 1 is 1.24 bits per heavy atom. The Labute approximate surface area is 101 Å². The number of amides is 1. The van der Waals surface area contributed by atoms with E-state index < -0.39 is 0 Å². The molecule has 1 heterocycles. The molecule has 0 aromatic carbocycles. The summed E-state index contributed by atoms with van der Waals surface area (Å²) in [4.78, 5) is 26.5. The molecule has 1 aliphatic heterocycles. The molecule has 0 N–H and O–H groups in total. The molecule has 0 saturated carbocycles. The number of carbonyl (C=O) groups excluding carboxylic acids is 2. The second kappa shape index (κ2) is 6.44. The summed E-state index contributed by atoms with van der Waals surface area (Å²) in [6.45, 7) is 6.47. The summed E-state index contributed by atoms with van der Waals surface area (Å²) in [7, 11) is 1.38. The van der Waals surface area contributed by atoms with Crippen molar-refractivity contribution in [3.05, 3.63) is 0 Å². The molecule has 0 spiro atoms. The number of esters is 1. The summed E-state index contributed by atoms with van der Waals surface area (Å²) in [5, 5.41) is 0. The van der Waals surface area contributed by atoms with Gasteiger partial charge >= 0.3 is 12.1 Å². The van der Waals surface area contributed by atoms with Gasteiger partial charge in [-0.3, -0.25) is 9.69 Å². The van der Waals surface area contributed by atoms with Crippen LogP contribution in [0.3, 0.4) is 0 Å². The van der Waals surface area contributed by atoms with Crippen LogP contribution in [0.1, 0.15) is 13.8 Å². The van der Waals surface area contributed by atoms with E-state index in [1.807, 2.05) is 11.8 Å². The zero-order chi connectivity index (χ0) is 12.8. The molecule has 0 aliphatic carbocycles. The van der Waals surface area contributed by atoms with Gasteiger partial charge in [-0.15, -0.1) is 0 Å². The summed E-state index contributed by atoms with van der Waals surface area (Å²) in [5.74, 6) is -0.241. The van der Waals surface area contributed by atoms with Crippen LogP contribution in [0.5, 0.6) is 0 Å². The predicted octanol–water partition coefficient (Wildman–Crippen LogP) is 0.322. The maximum absolute atomic E-state index is 11.5. The molecule has 1 aliphatic rings. The van der Waals surface area contributed by atoms with E-state index in [9.17, 15) is 9.59 Å². The number of methoxy groups -OCH3 is 1. The first-order valence-corrected chi connectivity index (χ1v) is 5.83. The van der Waals surface area contributed by atoms with Gasteiger partial charge in [0.1, 0.15) is 6.04 Å². The van der Waals surface area contributed by atoms with Crippen LogP contribution in [0.25, 0.3) is 0 Å². The van der Waals surface area contributed by atoms with Crippen LogP contribution in [0, 0.1) is 0 Å². The van der Waals surface area contributed by atoms with Crippen molar-refractivity contribution in [1.29, 1.82) is 0 Å². The van der Waals surface area contributed by atoms with Gasteiger partial charge in [0.05, 0.1) is 13.7 Å². The van der Waals surface area contributed by atoms with Crippen molar-refractivity contribution in [1.82, 2.24) is 9.80 Å². The Morgan fingerprint density at radius 2 is 1.82 bits per heavy atom. The predicted molar refractivity (Wildman–Crippen MR) is 61.6 cm³/mol. The van der Waals surface area contributed by atoms with Crippen LogP contribution >= 0.6 is 0 Å². The van der Waals surface area contributed by atoms with Crippen LogP contribution in [0.4, 0.5) is 4.79 Å². The van der Waals surface area contributed by atoms with Gasteiger partial charge < -0.3 is 14.4 Å². The Kier molecular flexibility index (Phi) is 5.21. The molecule has 6 heteroatoms. The molecular weight excluding hydrogens is 224 g/mol. The van der Waals surface area contributed by atoms with Crippen molar-refractivity contribution in [2.45, 2.75) is 19.9 Å². The maximum atomic E-state index is 11.5. The van der Waals surface area contributed by atoms with Gasteiger partial charge in [-0.1, -0.05) is 0 Å². The van der Waals surface area contributed by atoms with E-state index in [4.69, 9.17) is 9.47 Å². The fourth-order valence-corrected chi connectivity index (χ4v) is 1.83. The van der Waals surface area contributed by atoms with E-state index in [-0.39, 0.29) is 18.1 Å². The molecule has 1 fully saturated rings. The standard InChI is InChI=1S/C11H20N2O4/c1-4-17-11(15)13-7-5-12(6-8-13)9(2)10(14)16-3/h9H,4-8H2,1-3H3/t9-/m0/s1. The third kappa shape index (κ3) is 3.59. The number of rotatable bonds is 3. The lowest BCUT2D eigenvalue weighted by Crippen LogP contribution is -2.53. The molecule has 0 unspecified atom stereocenters. The highest BCUT2D eigenvalue weighted by atomic mass is 16.6. The summed E-state index contributed by atoms with van der Waals surface area (Å²) in [6, 6.07) is -0.260. The van der Waals surface area contributed by atoms with Gasteiger partial charge in [-0.2, -0.15) is 0 Å². The topological polar surface area (TPSA) is 59.1 Å². The van der Waals surface area contributed by atoms with Crippen molar-refractivity contribution < 1.29 is 19.1 Å². The molecule has 1 rings (SSSR count). The summed E-state index contributed by atoms with van der Waals surface area (Å²) >= 11 is 0. The molecule has 17 heavy (non-hydrogen) atoms. The fraction of sp³-hybridized carbons (Fsp3) is 0.818. The fourth-order valence-electron chi connectivity index (χ4n) is 1.83. The smallest absolute Gasteiger partial charge is 0.409 e. The van der Waals surface area contributed by atoms with Gasteiger partial charge in [-0.25, -0.2) is 4.79 Å². The molecule has 1 amide bonds. The first-order valence-electron chi connectivity index (χ1n) is 5.83. The van der Waals surface area contributed by atoms with Crippen LogP contribution in [0.15, 0.2) is 0 Å². The van der Waals surface area contributed by atoms with Crippen LogP contribution in [-0.2, 0) is 14.3 Å². The molecule has 0 bridgehead atoms. The van der Waals surface area contributed by atoms with Crippen molar-refractivity contribution in [2.24, 2.45) is 0 Å². The Morgan fingerprint density at radius 3 is 2.29 bits per heavy atom. The summed E-state index contributed by atoms with van der Waals surface area (Å²) < 4.78 is 9.61. The van der Waals surface area contributed by atoms with Crippen LogP contribution in [-0.4, -0.2) is 67.8 Å². The lowest BCUT2D eigenvalue weighted by atomic mass is 10.2. The minimum Gasteiger partial charge on any atom is -0.468 e. The van der Waals surface area contributed by atoms with Crippen LogP contribution < -0.4 is 0 Å². The number of piperazine rings is 1. The van der Waals surface area contributed by atoms with Crippen molar-refractivity contribution in [2.75, 3.05) is 39.9 Å². The van der Waals surface area contributed by atoms with Crippen molar-refractivity contribution in [3.8, 4) is 0 Å². The van der Waals surface area contributed by atoms with Crippen molar-refractivity contribution in [3.63, 3.8) is 0 Å². The number of hydrogen-bond acceptors (Lipinski definition) is 5. The van der Waals surface area contributed by atoms with Gasteiger partial charge in [0.25, 0.3) is 0 Å². The quantitative estimate of drug-likeness (QED) is 0.669. The average Bonchev–Trinajstić information content (AvgIpc) is 2.37. The van der Waals surface area contributed by atoms with E-state index in [2.05, 4.69) is 0 Å². The van der Waals surface area contributed by atoms with E-state index in [1.165, 1.54) is 7.11 Å². The average molecular weight is 244 g/mol. The lowest BCUT2D eigenvalue weighted by Gasteiger charge is -2.36. The Bertz CT molecular complexity index is 275. The number of ether oxygens (including phenoxy) is 2. The normalized spacial score (nSPS) is 18.6. The van der Waals surface area contributed by atoms with E-state index in [0.29, 0.717) is 32.8 Å². The highest BCUT2D eigenvalue weighted by molar-refractivity contribution is 5.75. The molecule has 0 radical (unpaired) electrons. The molecular formula is C11H20N2O4. The zero-order valence-electron chi connectivity index (χ0n) is 10.6. The monoisotopic (exact) mass is 244 g/mol. The van der Waals surface area contributed by atoms with Crippen LogP contribution in [0.2, 0.25) is 0 Å². The molecule has 6 nitrogen and oxygen atoms in total. The highest BCUT2D eigenvalue weighted by Gasteiger charge is 2.28. The minimum absolute atomic E-state index is 0.241. The first-order chi connectivity index (χ1) is 8.10. The molecule has 1 atom stereocenters. The van der Waals surface area contributed by atoms with Gasteiger partial charge in [0.2, 0.25) is 0 Å². The third-order valence-electron chi connectivity index (χ3n) is 2.93. The largest absolute Gasteiger partial charge is 0.468 e. The summed E-state index contributed by atoms with van der Waals surface area (Å²) in [5.41, 5.74) is 0. The Balaban J connectivity index is 2.40. The maximum Gasteiger partial charge on any atom is 0.409 e. The minimum atomic E-state index is -0.280.